The summed E-state index contributed by atoms with van der Waals surface area (Å²) in [5, 5.41) is 0. The lowest BCUT2D eigenvalue weighted by Crippen LogP contribution is -2.41. The molecule has 1 heterocycles. The lowest BCUT2D eigenvalue weighted by Gasteiger charge is -2.32. The maximum Gasteiger partial charge on any atom is 0.0223 e. The number of rotatable bonds is 5. The molecule has 2 N–H and O–H groups in total. The standard InChI is InChI=1S/C15H31N3/c1-3-18-10-4-5-15(18)12-17(2)11-13-6-8-14(16)9-7-13/h13-15H,3-12,16H2,1-2H3. The Morgan fingerprint density at radius 1 is 1.11 bits per heavy atom. The van der Waals surface area contributed by atoms with E-state index in [4.69, 9.17) is 5.73 Å². The van der Waals surface area contributed by atoms with Gasteiger partial charge in [-0.3, -0.25) is 4.90 Å². The van der Waals surface area contributed by atoms with Crippen LogP contribution in [0.25, 0.3) is 0 Å². The molecule has 1 saturated heterocycles. The summed E-state index contributed by atoms with van der Waals surface area (Å²) in [5.41, 5.74) is 5.98. The minimum Gasteiger partial charge on any atom is -0.328 e. The Kier molecular flexibility index (Phi) is 5.46. The van der Waals surface area contributed by atoms with Crippen molar-refractivity contribution in [1.29, 1.82) is 0 Å². The molecule has 1 unspecified atom stereocenters. The van der Waals surface area contributed by atoms with E-state index in [1.165, 1.54) is 64.7 Å². The van der Waals surface area contributed by atoms with Gasteiger partial charge in [0.1, 0.15) is 0 Å². The molecule has 1 aliphatic carbocycles. The van der Waals surface area contributed by atoms with Gasteiger partial charge in [0.05, 0.1) is 0 Å². The molecule has 0 bridgehead atoms. The fourth-order valence-corrected chi connectivity index (χ4v) is 3.76. The minimum absolute atomic E-state index is 0.483. The predicted octanol–water partition coefficient (Wildman–Crippen LogP) is 1.92. The van der Waals surface area contributed by atoms with E-state index in [0.29, 0.717) is 6.04 Å². The highest BCUT2D eigenvalue weighted by molar-refractivity contribution is 4.82. The Bertz CT molecular complexity index is 236. The van der Waals surface area contributed by atoms with Crippen molar-refractivity contribution in [2.45, 2.75) is 57.5 Å². The van der Waals surface area contributed by atoms with Gasteiger partial charge in [-0.05, 0) is 64.6 Å². The molecule has 0 aromatic carbocycles. The summed E-state index contributed by atoms with van der Waals surface area (Å²) in [7, 11) is 2.31. The van der Waals surface area contributed by atoms with Crippen molar-refractivity contribution in [2.24, 2.45) is 11.7 Å². The molecule has 0 aromatic rings. The Labute approximate surface area is 113 Å². The second kappa shape index (κ2) is 6.88. The molecule has 2 aliphatic rings. The zero-order valence-electron chi connectivity index (χ0n) is 12.3. The van der Waals surface area contributed by atoms with Gasteiger partial charge in [-0.1, -0.05) is 6.92 Å². The van der Waals surface area contributed by atoms with Gasteiger partial charge in [-0.2, -0.15) is 0 Å². The smallest absolute Gasteiger partial charge is 0.0223 e. The first-order valence-electron chi connectivity index (χ1n) is 7.87. The van der Waals surface area contributed by atoms with Gasteiger partial charge in [0.25, 0.3) is 0 Å². The van der Waals surface area contributed by atoms with Crippen molar-refractivity contribution in [2.75, 3.05) is 33.2 Å². The highest BCUT2D eigenvalue weighted by atomic mass is 15.2. The van der Waals surface area contributed by atoms with Gasteiger partial charge in [0, 0.05) is 25.2 Å². The molecule has 0 spiro atoms. The van der Waals surface area contributed by atoms with Crippen LogP contribution in [0.3, 0.4) is 0 Å². The number of hydrogen-bond donors (Lipinski definition) is 1. The van der Waals surface area contributed by atoms with Crippen LogP contribution in [-0.2, 0) is 0 Å². The van der Waals surface area contributed by atoms with E-state index in [9.17, 15) is 0 Å². The summed E-state index contributed by atoms with van der Waals surface area (Å²) in [6.45, 7) is 7.36. The zero-order valence-corrected chi connectivity index (χ0v) is 12.3. The summed E-state index contributed by atoms with van der Waals surface area (Å²) in [5.74, 6) is 0.895. The molecule has 3 heteroatoms. The number of hydrogen-bond acceptors (Lipinski definition) is 3. The van der Waals surface area contributed by atoms with Crippen molar-refractivity contribution >= 4 is 0 Å². The fraction of sp³-hybridized carbons (Fsp3) is 1.00. The molecule has 1 aliphatic heterocycles. The third-order valence-corrected chi connectivity index (χ3v) is 4.89. The summed E-state index contributed by atoms with van der Waals surface area (Å²) < 4.78 is 0. The van der Waals surface area contributed by atoms with Crippen molar-refractivity contribution in [3.8, 4) is 0 Å². The monoisotopic (exact) mass is 253 g/mol. The zero-order chi connectivity index (χ0) is 13.0. The van der Waals surface area contributed by atoms with E-state index in [2.05, 4.69) is 23.8 Å². The Morgan fingerprint density at radius 3 is 2.50 bits per heavy atom. The molecule has 2 fully saturated rings. The predicted molar refractivity (Wildman–Crippen MR) is 77.7 cm³/mol. The number of nitrogens with two attached hydrogens (primary N) is 1. The van der Waals surface area contributed by atoms with Crippen LogP contribution in [-0.4, -0.2) is 55.1 Å². The van der Waals surface area contributed by atoms with Crippen molar-refractivity contribution in [1.82, 2.24) is 9.80 Å². The van der Waals surface area contributed by atoms with Gasteiger partial charge in [-0.15, -0.1) is 0 Å². The van der Waals surface area contributed by atoms with Crippen LogP contribution in [0.2, 0.25) is 0 Å². The normalized spacial score (nSPS) is 34.3. The van der Waals surface area contributed by atoms with E-state index in [0.717, 1.165) is 12.0 Å². The molecule has 0 radical (unpaired) electrons. The molecule has 0 aromatic heterocycles. The Morgan fingerprint density at radius 2 is 1.83 bits per heavy atom. The van der Waals surface area contributed by atoms with Crippen molar-refractivity contribution in [3.05, 3.63) is 0 Å². The van der Waals surface area contributed by atoms with Crippen LogP contribution in [0, 0.1) is 5.92 Å². The van der Waals surface area contributed by atoms with Crippen LogP contribution >= 0.6 is 0 Å². The molecule has 1 saturated carbocycles. The van der Waals surface area contributed by atoms with Gasteiger partial charge in [-0.25, -0.2) is 0 Å². The Hall–Kier alpha value is -0.120. The van der Waals surface area contributed by atoms with Crippen LogP contribution in [0.4, 0.5) is 0 Å². The van der Waals surface area contributed by atoms with Crippen LogP contribution < -0.4 is 5.73 Å². The van der Waals surface area contributed by atoms with Crippen molar-refractivity contribution in [3.63, 3.8) is 0 Å². The van der Waals surface area contributed by atoms with Crippen LogP contribution in [0.5, 0.6) is 0 Å². The third kappa shape index (κ3) is 3.94. The average Bonchev–Trinajstić information content (AvgIpc) is 2.79. The molecule has 0 amide bonds. The topological polar surface area (TPSA) is 32.5 Å². The van der Waals surface area contributed by atoms with E-state index >= 15 is 0 Å². The maximum atomic E-state index is 5.98. The van der Waals surface area contributed by atoms with Gasteiger partial charge >= 0.3 is 0 Å². The second-order valence-corrected chi connectivity index (χ2v) is 6.43. The van der Waals surface area contributed by atoms with E-state index in [-0.39, 0.29) is 0 Å². The minimum atomic E-state index is 0.483. The van der Waals surface area contributed by atoms with Crippen LogP contribution in [0.15, 0.2) is 0 Å². The summed E-state index contributed by atoms with van der Waals surface area (Å²) in [4.78, 5) is 5.22. The second-order valence-electron chi connectivity index (χ2n) is 6.43. The number of likely N-dealkylation sites (tertiary alicyclic amines) is 1. The van der Waals surface area contributed by atoms with E-state index in [1.54, 1.807) is 0 Å². The first kappa shape index (κ1) is 14.3. The molecule has 3 nitrogen and oxygen atoms in total. The van der Waals surface area contributed by atoms with Gasteiger partial charge in [0.15, 0.2) is 0 Å². The summed E-state index contributed by atoms with van der Waals surface area (Å²) in [6.07, 6.45) is 7.95. The molecule has 106 valence electrons. The van der Waals surface area contributed by atoms with E-state index < -0.39 is 0 Å². The average molecular weight is 253 g/mol. The van der Waals surface area contributed by atoms with Crippen LogP contribution in [0.1, 0.15) is 45.4 Å². The maximum absolute atomic E-state index is 5.98. The molecular weight excluding hydrogens is 222 g/mol. The Balaban J connectivity index is 1.69. The van der Waals surface area contributed by atoms with Gasteiger partial charge < -0.3 is 10.6 Å². The van der Waals surface area contributed by atoms with E-state index in [1.807, 2.05) is 0 Å². The molecule has 1 atom stereocenters. The van der Waals surface area contributed by atoms with Crippen molar-refractivity contribution < 1.29 is 0 Å². The highest BCUT2D eigenvalue weighted by Crippen LogP contribution is 2.24. The first-order valence-corrected chi connectivity index (χ1v) is 7.87. The largest absolute Gasteiger partial charge is 0.328 e. The quantitative estimate of drug-likeness (QED) is 0.812. The first-order chi connectivity index (χ1) is 8.69. The molecule has 18 heavy (non-hydrogen) atoms. The molecule has 2 rings (SSSR count). The lowest BCUT2D eigenvalue weighted by molar-refractivity contribution is 0.167. The summed E-state index contributed by atoms with van der Waals surface area (Å²) in [6, 6.07) is 1.29. The fourth-order valence-electron chi connectivity index (χ4n) is 3.76. The lowest BCUT2D eigenvalue weighted by atomic mass is 9.86. The highest BCUT2D eigenvalue weighted by Gasteiger charge is 2.25. The third-order valence-electron chi connectivity index (χ3n) is 4.89. The molecular formula is C15H31N3. The SMILES string of the molecule is CCN1CCCC1CN(C)CC1CCC(N)CC1. The van der Waals surface area contributed by atoms with Gasteiger partial charge in [0.2, 0.25) is 0 Å². The summed E-state index contributed by atoms with van der Waals surface area (Å²) >= 11 is 0. The number of nitrogens with zero attached hydrogens (tertiary/aromatic N) is 2. The number of likely N-dealkylation sites (N-methyl/N-ethyl adjacent to an activating group) is 2.